The number of benzene rings is 2. The lowest BCUT2D eigenvalue weighted by Gasteiger charge is -2.19. The second kappa shape index (κ2) is 8.39. The predicted octanol–water partition coefficient (Wildman–Crippen LogP) is 2.95. The Kier molecular flexibility index (Phi) is 5.51. The number of carbonyl (C=O) groups is 1. The summed E-state index contributed by atoms with van der Waals surface area (Å²) in [4.78, 5) is 13.3. The molecule has 0 radical (unpaired) electrons. The predicted molar refractivity (Wildman–Crippen MR) is 107 cm³/mol. The maximum atomic E-state index is 13.3. The van der Waals surface area contributed by atoms with E-state index in [0.717, 1.165) is 25.7 Å². The lowest BCUT2D eigenvalue weighted by Crippen LogP contribution is -2.45. The van der Waals surface area contributed by atoms with Crippen molar-refractivity contribution in [1.82, 2.24) is 15.1 Å². The van der Waals surface area contributed by atoms with Crippen LogP contribution in [-0.4, -0.2) is 20.9 Å². The molecule has 6 nitrogen and oxygen atoms in total. The van der Waals surface area contributed by atoms with E-state index < -0.39 is 0 Å². The van der Waals surface area contributed by atoms with Crippen LogP contribution in [0.2, 0.25) is 0 Å². The molecule has 1 fully saturated rings. The molecule has 6 heteroatoms. The zero-order valence-corrected chi connectivity index (χ0v) is 16.5. The van der Waals surface area contributed by atoms with Crippen LogP contribution in [0, 0.1) is 6.92 Å². The number of nitrogens with zero attached hydrogens (tertiary/aromatic N) is 4. The Balaban J connectivity index is 1.83. The summed E-state index contributed by atoms with van der Waals surface area (Å²) in [6, 6.07) is 17.9. The third-order valence-corrected chi connectivity index (χ3v) is 5.50. The van der Waals surface area contributed by atoms with Crippen molar-refractivity contribution in [2.24, 2.45) is 0 Å². The average molecular weight is 388 g/mol. The van der Waals surface area contributed by atoms with Crippen LogP contribution in [0.5, 0.6) is 0 Å². The molecule has 148 valence electrons. The van der Waals surface area contributed by atoms with E-state index in [9.17, 15) is 9.90 Å². The third kappa shape index (κ3) is 3.83. The van der Waals surface area contributed by atoms with E-state index in [-0.39, 0.29) is 23.3 Å². The zero-order chi connectivity index (χ0) is 20.2. The molecule has 0 saturated heterocycles. The Hall–Kier alpha value is -3.28. The number of allylic oxidation sites excluding steroid dienone is 1. The van der Waals surface area contributed by atoms with E-state index in [0.29, 0.717) is 17.0 Å². The summed E-state index contributed by atoms with van der Waals surface area (Å²) in [5.74, 6) is -0.0213. The second-order valence-electron chi connectivity index (χ2n) is 7.41. The van der Waals surface area contributed by atoms with E-state index in [1.54, 1.807) is 48.5 Å². The third-order valence-electron chi connectivity index (χ3n) is 5.50. The van der Waals surface area contributed by atoms with Gasteiger partial charge in [0, 0.05) is 12.5 Å². The first kappa shape index (κ1) is 19.1. The first-order chi connectivity index (χ1) is 14.2. The Bertz CT molecular complexity index is 1020. The molecule has 1 aliphatic rings. The second-order valence-corrected chi connectivity index (χ2v) is 7.41. The minimum absolute atomic E-state index is 0.00181. The molecule has 0 amide bonds. The van der Waals surface area contributed by atoms with Gasteiger partial charge in [0.1, 0.15) is 11.3 Å². The first-order valence-electron chi connectivity index (χ1n) is 10.1. The summed E-state index contributed by atoms with van der Waals surface area (Å²) in [5, 5.41) is 21.9. The van der Waals surface area contributed by atoms with E-state index >= 15 is 0 Å². The summed E-state index contributed by atoms with van der Waals surface area (Å²) in [7, 11) is 0. The number of aromatic nitrogens is 4. The molecule has 29 heavy (non-hydrogen) atoms. The summed E-state index contributed by atoms with van der Waals surface area (Å²) < 4.78 is 3.29. The van der Waals surface area contributed by atoms with Crippen molar-refractivity contribution in [3.63, 3.8) is 0 Å². The van der Waals surface area contributed by atoms with Crippen LogP contribution >= 0.6 is 0 Å². The fraction of sp³-hybridized carbons (Fsp3) is 0.304. The van der Waals surface area contributed by atoms with Gasteiger partial charge in [0.05, 0.1) is 0 Å². The Morgan fingerprint density at radius 1 is 0.966 bits per heavy atom. The molecule has 1 heterocycles. The summed E-state index contributed by atoms with van der Waals surface area (Å²) >= 11 is 0. The highest BCUT2D eigenvalue weighted by Gasteiger charge is 2.31. The highest BCUT2D eigenvalue weighted by Crippen LogP contribution is 2.25. The van der Waals surface area contributed by atoms with Gasteiger partial charge in [-0.15, -0.1) is 4.68 Å². The number of hydrogen-bond acceptors (Lipinski definition) is 4. The maximum absolute atomic E-state index is 13.3. The molecule has 0 N–H and O–H groups in total. The van der Waals surface area contributed by atoms with Gasteiger partial charge in [-0.3, -0.25) is 4.79 Å². The maximum Gasteiger partial charge on any atom is 0.260 e. The molecule has 0 spiro atoms. The van der Waals surface area contributed by atoms with Gasteiger partial charge in [-0.05, 0) is 31.2 Å². The number of carbonyl (C=O) groups excluding carboxylic acids is 1. The SMILES string of the molecule is Cc1n(/C(C(=O)c2ccccc2)=C(/[O-])c2ccccc2)nn[n+]1C1CCCCC1. The van der Waals surface area contributed by atoms with Crippen LogP contribution in [0.25, 0.3) is 11.5 Å². The van der Waals surface area contributed by atoms with Crippen LogP contribution in [0.3, 0.4) is 0 Å². The molecule has 1 saturated carbocycles. The van der Waals surface area contributed by atoms with Gasteiger partial charge in [0.15, 0.2) is 10.9 Å². The lowest BCUT2D eigenvalue weighted by atomic mass is 9.96. The molecule has 1 aliphatic carbocycles. The molecule has 0 aliphatic heterocycles. The largest absolute Gasteiger partial charge is 0.870 e. The minimum atomic E-state index is -0.358. The molecule has 2 aromatic carbocycles. The number of Topliss-reactive ketones (excluding diaryl/α,β-unsaturated/α-hetero) is 1. The van der Waals surface area contributed by atoms with E-state index in [1.807, 2.05) is 23.7 Å². The van der Waals surface area contributed by atoms with Crippen LogP contribution < -0.4 is 9.79 Å². The van der Waals surface area contributed by atoms with Gasteiger partial charge < -0.3 is 5.11 Å². The number of rotatable bonds is 5. The molecule has 3 aromatic rings. The standard InChI is InChI=1S/C23H24N4O2/c1-17-26(20-15-9-4-10-16-20)24-25-27(17)21(22(28)18-11-5-2-6-12-18)23(29)19-13-7-3-8-14-19/h2-3,5-8,11-14,20H,4,9-10,15-16H2,1H3. The lowest BCUT2D eigenvalue weighted by molar-refractivity contribution is -0.785. The highest BCUT2D eigenvalue weighted by atomic mass is 16.3. The molecule has 0 unspecified atom stereocenters. The van der Waals surface area contributed by atoms with Crippen molar-refractivity contribution in [1.29, 1.82) is 0 Å². The molecular formula is C23H24N4O2. The fourth-order valence-electron chi connectivity index (χ4n) is 3.93. The normalized spacial score (nSPS) is 15.8. The number of tetrazole rings is 1. The van der Waals surface area contributed by atoms with Crippen molar-refractivity contribution in [2.75, 3.05) is 0 Å². The van der Waals surface area contributed by atoms with Crippen LogP contribution in [0.15, 0.2) is 60.7 Å². The van der Waals surface area contributed by atoms with Crippen molar-refractivity contribution in [2.45, 2.75) is 45.1 Å². The molecule has 0 bridgehead atoms. The molecular weight excluding hydrogens is 364 g/mol. The van der Waals surface area contributed by atoms with Crippen LogP contribution in [-0.2, 0) is 0 Å². The fourth-order valence-corrected chi connectivity index (χ4v) is 3.93. The average Bonchev–Trinajstić information content (AvgIpc) is 3.16. The van der Waals surface area contributed by atoms with Crippen molar-refractivity contribution >= 4 is 17.2 Å². The number of hydrogen-bond donors (Lipinski definition) is 0. The van der Waals surface area contributed by atoms with E-state index in [4.69, 9.17) is 0 Å². The van der Waals surface area contributed by atoms with E-state index in [1.165, 1.54) is 11.1 Å². The van der Waals surface area contributed by atoms with Crippen molar-refractivity contribution < 1.29 is 14.6 Å². The van der Waals surface area contributed by atoms with Gasteiger partial charge in [-0.1, -0.05) is 77.5 Å². The van der Waals surface area contributed by atoms with Crippen molar-refractivity contribution in [3.05, 3.63) is 77.6 Å². The van der Waals surface area contributed by atoms with Crippen LogP contribution in [0.4, 0.5) is 0 Å². The van der Waals surface area contributed by atoms with E-state index in [2.05, 4.69) is 10.4 Å². The molecule has 1 aromatic heterocycles. The monoisotopic (exact) mass is 388 g/mol. The summed E-state index contributed by atoms with van der Waals surface area (Å²) in [6.45, 7) is 1.87. The molecule has 0 atom stereocenters. The smallest absolute Gasteiger partial charge is 0.260 e. The summed E-state index contributed by atoms with van der Waals surface area (Å²) in [6.07, 6.45) is 5.64. The number of ketones is 1. The zero-order valence-electron chi connectivity index (χ0n) is 16.5. The Morgan fingerprint density at radius 3 is 2.17 bits per heavy atom. The highest BCUT2D eigenvalue weighted by molar-refractivity contribution is 6.28. The van der Waals surface area contributed by atoms with Gasteiger partial charge in [-0.2, -0.15) is 0 Å². The van der Waals surface area contributed by atoms with Gasteiger partial charge in [0.2, 0.25) is 5.78 Å². The van der Waals surface area contributed by atoms with Crippen molar-refractivity contribution in [3.8, 4) is 0 Å². The van der Waals surface area contributed by atoms with Crippen LogP contribution in [0.1, 0.15) is 59.9 Å². The van der Waals surface area contributed by atoms with Gasteiger partial charge >= 0.3 is 0 Å². The van der Waals surface area contributed by atoms with Gasteiger partial charge in [-0.25, -0.2) is 0 Å². The summed E-state index contributed by atoms with van der Waals surface area (Å²) in [5.41, 5.74) is 0.902. The topological polar surface area (TPSA) is 74.7 Å². The quantitative estimate of drug-likeness (QED) is 0.291. The minimum Gasteiger partial charge on any atom is -0.870 e. The Morgan fingerprint density at radius 2 is 1.55 bits per heavy atom. The molecule has 4 rings (SSSR count). The first-order valence-corrected chi connectivity index (χ1v) is 10.1. The van der Waals surface area contributed by atoms with Gasteiger partial charge in [0.25, 0.3) is 5.82 Å². The Labute approximate surface area is 170 Å².